The number of methoxy groups -OCH3 is 1. The second-order valence-corrected chi connectivity index (χ2v) is 6.47. The molecular formula is C21H25NO2. The predicted molar refractivity (Wildman–Crippen MR) is 99.5 cm³/mol. The van der Waals surface area contributed by atoms with E-state index in [0.717, 1.165) is 36.6 Å². The SMILES string of the molecule is COc1cccc(/C=C2/c3ccccc3OCCC2CN(C)C)c1. The zero-order valence-corrected chi connectivity index (χ0v) is 14.7. The highest BCUT2D eigenvalue weighted by molar-refractivity contribution is 5.85. The van der Waals surface area contributed by atoms with E-state index in [0.29, 0.717) is 5.92 Å². The lowest BCUT2D eigenvalue weighted by Gasteiger charge is -2.22. The molecule has 2 aromatic rings. The Bertz CT molecular complexity index is 721. The maximum atomic E-state index is 5.99. The van der Waals surface area contributed by atoms with Crippen LogP contribution in [0.25, 0.3) is 11.6 Å². The van der Waals surface area contributed by atoms with E-state index in [1.54, 1.807) is 7.11 Å². The first-order chi connectivity index (χ1) is 11.7. The van der Waals surface area contributed by atoms with Crippen LogP contribution < -0.4 is 9.47 Å². The average molecular weight is 323 g/mol. The summed E-state index contributed by atoms with van der Waals surface area (Å²) in [6, 6.07) is 16.6. The summed E-state index contributed by atoms with van der Waals surface area (Å²) >= 11 is 0. The molecule has 0 aromatic heterocycles. The molecule has 0 radical (unpaired) electrons. The van der Waals surface area contributed by atoms with Gasteiger partial charge >= 0.3 is 0 Å². The van der Waals surface area contributed by atoms with Crippen LogP contribution in [0.15, 0.2) is 48.5 Å². The van der Waals surface area contributed by atoms with Gasteiger partial charge in [0.1, 0.15) is 11.5 Å². The summed E-state index contributed by atoms with van der Waals surface area (Å²) in [5.74, 6) is 2.30. The molecule has 0 saturated heterocycles. The molecule has 3 nitrogen and oxygen atoms in total. The zero-order chi connectivity index (χ0) is 16.9. The first-order valence-electron chi connectivity index (χ1n) is 8.40. The van der Waals surface area contributed by atoms with E-state index in [2.05, 4.69) is 55.4 Å². The molecule has 1 atom stereocenters. The van der Waals surface area contributed by atoms with Gasteiger partial charge in [-0.1, -0.05) is 36.4 Å². The molecule has 0 fully saturated rings. The summed E-state index contributed by atoms with van der Waals surface area (Å²) in [5, 5.41) is 0. The van der Waals surface area contributed by atoms with Gasteiger partial charge in [0, 0.05) is 18.0 Å². The third-order valence-electron chi connectivity index (χ3n) is 4.36. The van der Waals surface area contributed by atoms with Crippen LogP contribution in [0.4, 0.5) is 0 Å². The third-order valence-corrected chi connectivity index (χ3v) is 4.36. The number of fused-ring (bicyclic) bond motifs is 1. The summed E-state index contributed by atoms with van der Waals surface area (Å²) in [5.41, 5.74) is 3.69. The van der Waals surface area contributed by atoms with Gasteiger partial charge < -0.3 is 14.4 Å². The Morgan fingerprint density at radius 1 is 1.17 bits per heavy atom. The molecular weight excluding hydrogens is 298 g/mol. The maximum Gasteiger partial charge on any atom is 0.126 e. The van der Waals surface area contributed by atoms with Crippen molar-refractivity contribution in [2.45, 2.75) is 6.42 Å². The second-order valence-electron chi connectivity index (χ2n) is 6.47. The smallest absolute Gasteiger partial charge is 0.126 e. The third kappa shape index (κ3) is 3.80. The molecule has 1 unspecified atom stereocenters. The van der Waals surface area contributed by atoms with Crippen molar-refractivity contribution in [2.75, 3.05) is 34.4 Å². The van der Waals surface area contributed by atoms with Crippen LogP contribution >= 0.6 is 0 Å². The predicted octanol–water partition coefficient (Wildman–Crippen LogP) is 4.20. The summed E-state index contributed by atoms with van der Waals surface area (Å²) in [6.45, 7) is 1.76. The molecule has 0 aliphatic carbocycles. The summed E-state index contributed by atoms with van der Waals surface area (Å²) in [4.78, 5) is 2.25. The highest BCUT2D eigenvalue weighted by Crippen LogP contribution is 2.37. The molecule has 1 aliphatic rings. The van der Waals surface area contributed by atoms with Crippen molar-refractivity contribution in [1.29, 1.82) is 0 Å². The van der Waals surface area contributed by atoms with Crippen LogP contribution in [0, 0.1) is 5.92 Å². The molecule has 2 aromatic carbocycles. The molecule has 24 heavy (non-hydrogen) atoms. The van der Waals surface area contributed by atoms with Gasteiger partial charge in [-0.15, -0.1) is 0 Å². The molecule has 0 N–H and O–H groups in total. The van der Waals surface area contributed by atoms with Crippen molar-refractivity contribution in [3.63, 3.8) is 0 Å². The van der Waals surface area contributed by atoms with Gasteiger partial charge in [0.05, 0.1) is 13.7 Å². The van der Waals surface area contributed by atoms with E-state index in [4.69, 9.17) is 9.47 Å². The van der Waals surface area contributed by atoms with Crippen LogP contribution in [0.1, 0.15) is 17.5 Å². The Morgan fingerprint density at radius 3 is 2.79 bits per heavy atom. The molecule has 0 saturated carbocycles. The van der Waals surface area contributed by atoms with Crippen LogP contribution in [-0.4, -0.2) is 39.3 Å². The molecule has 3 rings (SSSR count). The minimum absolute atomic E-state index is 0.440. The maximum absolute atomic E-state index is 5.99. The highest BCUT2D eigenvalue weighted by atomic mass is 16.5. The summed E-state index contributed by atoms with van der Waals surface area (Å²) < 4.78 is 11.4. The quantitative estimate of drug-likeness (QED) is 0.842. The van der Waals surface area contributed by atoms with Crippen molar-refractivity contribution in [1.82, 2.24) is 4.90 Å². The molecule has 1 aliphatic heterocycles. The molecule has 126 valence electrons. The Kier molecular flexibility index (Phi) is 5.21. The number of para-hydroxylation sites is 1. The molecule has 0 amide bonds. The lowest BCUT2D eigenvalue weighted by atomic mass is 9.88. The normalized spacial score (nSPS) is 18.8. The van der Waals surface area contributed by atoms with Gasteiger partial charge in [0.25, 0.3) is 0 Å². The van der Waals surface area contributed by atoms with Crippen molar-refractivity contribution in [3.8, 4) is 11.5 Å². The molecule has 0 bridgehead atoms. The Hall–Kier alpha value is -2.26. The zero-order valence-electron chi connectivity index (χ0n) is 14.7. The van der Waals surface area contributed by atoms with Gasteiger partial charge in [-0.2, -0.15) is 0 Å². The molecule has 0 spiro atoms. The topological polar surface area (TPSA) is 21.7 Å². The summed E-state index contributed by atoms with van der Waals surface area (Å²) in [7, 11) is 5.96. The molecule has 1 heterocycles. The van der Waals surface area contributed by atoms with E-state index in [1.807, 2.05) is 18.2 Å². The Balaban J connectivity index is 2.07. The van der Waals surface area contributed by atoms with Crippen LogP contribution in [0.2, 0.25) is 0 Å². The first kappa shape index (κ1) is 16.6. The number of ether oxygens (including phenoxy) is 2. The van der Waals surface area contributed by atoms with Crippen molar-refractivity contribution >= 4 is 11.6 Å². The average Bonchev–Trinajstić information content (AvgIpc) is 2.75. The lowest BCUT2D eigenvalue weighted by molar-refractivity contribution is 0.279. The van der Waals surface area contributed by atoms with Crippen molar-refractivity contribution < 1.29 is 9.47 Å². The summed E-state index contributed by atoms with van der Waals surface area (Å²) in [6.07, 6.45) is 3.30. The van der Waals surface area contributed by atoms with E-state index < -0.39 is 0 Å². The van der Waals surface area contributed by atoms with Crippen LogP contribution in [-0.2, 0) is 0 Å². The fraction of sp³-hybridized carbons (Fsp3) is 0.333. The number of nitrogens with zero attached hydrogens (tertiary/aromatic N) is 1. The fourth-order valence-corrected chi connectivity index (χ4v) is 3.25. The van der Waals surface area contributed by atoms with E-state index in [-0.39, 0.29) is 0 Å². The number of rotatable bonds is 4. The number of benzene rings is 2. The number of hydrogen-bond donors (Lipinski definition) is 0. The fourth-order valence-electron chi connectivity index (χ4n) is 3.25. The van der Waals surface area contributed by atoms with Crippen LogP contribution in [0.3, 0.4) is 0 Å². The van der Waals surface area contributed by atoms with Gasteiger partial charge in [-0.05, 0) is 49.9 Å². The minimum atomic E-state index is 0.440. The largest absolute Gasteiger partial charge is 0.497 e. The van der Waals surface area contributed by atoms with Gasteiger partial charge in [0.15, 0.2) is 0 Å². The standard InChI is InChI=1S/C21H25NO2/c1-22(2)15-17-11-12-24-21-10-5-4-9-19(21)20(17)14-16-7-6-8-18(13-16)23-3/h4-10,13-14,17H,11-12,15H2,1-3H3/b20-14+. The minimum Gasteiger partial charge on any atom is -0.497 e. The second kappa shape index (κ2) is 7.54. The van der Waals surface area contributed by atoms with E-state index in [1.165, 1.54) is 11.1 Å². The number of hydrogen-bond acceptors (Lipinski definition) is 3. The Morgan fingerprint density at radius 2 is 2.00 bits per heavy atom. The Labute approximate surface area is 144 Å². The van der Waals surface area contributed by atoms with Gasteiger partial charge in [-0.3, -0.25) is 0 Å². The van der Waals surface area contributed by atoms with E-state index >= 15 is 0 Å². The highest BCUT2D eigenvalue weighted by Gasteiger charge is 2.23. The van der Waals surface area contributed by atoms with E-state index in [9.17, 15) is 0 Å². The first-order valence-corrected chi connectivity index (χ1v) is 8.40. The van der Waals surface area contributed by atoms with Crippen LogP contribution in [0.5, 0.6) is 11.5 Å². The lowest BCUT2D eigenvalue weighted by Crippen LogP contribution is -2.23. The van der Waals surface area contributed by atoms with Crippen molar-refractivity contribution in [3.05, 3.63) is 59.7 Å². The molecule has 3 heteroatoms. The van der Waals surface area contributed by atoms with Gasteiger partial charge in [0.2, 0.25) is 0 Å². The van der Waals surface area contributed by atoms with Gasteiger partial charge in [-0.25, -0.2) is 0 Å². The van der Waals surface area contributed by atoms with Crippen molar-refractivity contribution in [2.24, 2.45) is 5.92 Å². The monoisotopic (exact) mass is 323 g/mol.